The highest BCUT2D eigenvalue weighted by Crippen LogP contribution is 2.25. The van der Waals surface area contributed by atoms with E-state index in [9.17, 15) is 4.79 Å². The van der Waals surface area contributed by atoms with Crippen LogP contribution in [0.4, 0.5) is 5.69 Å². The van der Waals surface area contributed by atoms with Crippen molar-refractivity contribution in [2.24, 2.45) is 7.05 Å². The van der Waals surface area contributed by atoms with Crippen molar-refractivity contribution >= 4 is 5.69 Å². The zero-order valence-electron chi connectivity index (χ0n) is 11.3. The second kappa shape index (κ2) is 4.05. The van der Waals surface area contributed by atoms with Crippen molar-refractivity contribution in [2.45, 2.75) is 26.3 Å². The van der Waals surface area contributed by atoms with Crippen molar-refractivity contribution < 1.29 is 0 Å². The van der Waals surface area contributed by atoms with Gasteiger partial charge in [0.05, 0.1) is 11.2 Å². The molecule has 0 aliphatic rings. The summed E-state index contributed by atoms with van der Waals surface area (Å²) >= 11 is 0. The van der Waals surface area contributed by atoms with Crippen molar-refractivity contribution in [1.82, 2.24) is 9.36 Å². The first-order valence-electron chi connectivity index (χ1n) is 5.97. The smallest absolute Gasteiger partial charge is 0.290 e. The zero-order chi connectivity index (χ0) is 13.5. The number of nitrogens with zero attached hydrogens (tertiary/aromatic N) is 2. The van der Waals surface area contributed by atoms with Gasteiger partial charge in [-0.1, -0.05) is 30.3 Å². The van der Waals surface area contributed by atoms with E-state index in [0.29, 0.717) is 5.69 Å². The third kappa shape index (κ3) is 1.83. The van der Waals surface area contributed by atoms with Crippen LogP contribution in [-0.4, -0.2) is 9.36 Å². The molecule has 0 spiro atoms. The fraction of sp³-hybridized carbons (Fsp3) is 0.357. The quantitative estimate of drug-likeness (QED) is 0.837. The largest absolute Gasteiger partial charge is 0.392 e. The third-order valence-electron chi connectivity index (χ3n) is 2.98. The van der Waals surface area contributed by atoms with Crippen LogP contribution in [0.25, 0.3) is 11.3 Å². The average molecular weight is 245 g/mol. The van der Waals surface area contributed by atoms with E-state index in [1.807, 2.05) is 62.8 Å². The van der Waals surface area contributed by atoms with Crippen molar-refractivity contribution in [2.75, 3.05) is 5.73 Å². The van der Waals surface area contributed by atoms with Gasteiger partial charge in [0.25, 0.3) is 5.56 Å². The van der Waals surface area contributed by atoms with Crippen molar-refractivity contribution in [3.8, 4) is 11.3 Å². The minimum absolute atomic E-state index is 0.135. The Labute approximate surface area is 107 Å². The molecule has 2 rings (SSSR count). The molecule has 0 aliphatic carbocycles. The van der Waals surface area contributed by atoms with Crippen LogP contribution in [0.1, 0.15) is 20.8 Å². The lowest BCUT2D eigenvalue weighted by Crippen LogP contribution is -2.36. The Balaban J connectivity index is 2.76. The zero-order valence-corrected chi connectivity index (χ0v) is 11.3. The van der Waals surface area contributed by atoms with E-state index in [0.717, 1.165) is 11.3 Å². The Morgan fingerprint density at radius 2 is 1.67 bits per heavy atom. The lowest BCUT2D eigenvalue weighted by atomic mass is 10.1. The fourth-order valence-corrected chi connectivity index (χ4v) is 2.32. The molecule has 0 unspecified atom stereocenters. The molecule has 0 radical (unpaired) electrons. The van der Waals surface area contributed by atoms with Gasteiger partial charge in [0.15, 0.2) is 0 Å². The maximum absolute atomic E-state index is 12.2. The van der Waals surface area contributed by atoms with Crippen LogP contribution in [0, 0.1) is 0 Å². The summed E-state index contributed by atoms with van der Waals surface area (Å²) in [4.78, 5) is 12.2. The standard InChI is InChI=1S/C14H19N3O/c1-14(2,3)17-13(18)11(15)12(16(17)4)10-8-6-5-7-9-10/h5-9H,15H2,1-4H3. The minimum Gasteiger partial charge on any atom is -0.392 e. The molecule has 4 nitrogen and oxygen atoms in total. The van der Waals surface area contributed by atoms with E-state index >= 15 is 0 Å². The number of rotatable bonds is 1. The normalized spacial score (nSPS) is 11.8. The molecule has 0 aliphatic heterocycles. The van der Waals surface area contributed by atoms with Crippen molar-refractivity contribution in [3.05, 3.63) is 40.7 Å². The summed E-state index contributed by atoms with van der Waals surface area (Å²) in [6, 6.07) is 9.73. The van der Waals surface area contributed by atoms with Gasteiger partial charge in [0.2, 0.25) is 0 Å². The average Bonchev–Trinajstić information content (AvgIpc) is 2.50. The Hall–Kier alpha value is -1.97. The second-order valence-corrected chi connectivity index (χ2v) is 5.44. The summed E-state index contributed by atoms with van der Waals surface area (Å²) in [6.07, 6.45) is 0. The molecule has 18 heavy (non-hydrogen) atoms. The highest BCUT2D eigenvalue weighted by molar-refractivity contribution is 5.72. The minimum atomic E-state index is -0.299. The van der Waals surface area contributed by atoms with E-state index < -0.39 is 0 Å². The summed E-state index contributed by atoms with van der Waals surface area (Å²) in [6.45, 7) is 5.97. The number of nitrogens with two attached hydrogens (primary N) is 1. The Kier molecular flexibility index (Phi) is 2.81. The molecule has 1 heterocycles. The summed E-state index contributed by atoms with van der Waals surface area (Å²) in [5.74, 6) is 0. The van der Waals surface area contributed by atoms with Crippen LogP contribution >= 0.6 is 0 Å². The van der Waals surface area contributed by atoms with Gasteiger partial charge in [-0.05, 0) is 20.8 Å². The van der Waals surface area contributed by atoms with Crippen LogP contribution in [0.15, 0.2) is 35.1 Å². The fourth-order valence-electron chi connectivity index (χ4n) is 2.32. The third-order valence-corrected chi connectivity index (χ3v) is 2.98. The first-order chi connectivity index (χ1) is 8.34. The SMILES string of the molecule is Cn1c(-c2ccccc2)c(N)c(=O)n1C(C)(C)C. The number of hydrogen-bond acceptors (Lipinski definition) is 2. The molecule has 0 saturated carbocycles. The number of nitrogen functional groups attached to an aromatic ring is 1. The second-order valence-electron chi connectivity index (χ2n) is 5.44. The van der Waals surface area contributed by atoms with Crippen LogP contribution < -0.4 is 11.3 Å². The summed E-state index contributed by atoms with van der Waals surface area (Å²) < 4.78 is 3.53. The molecule has 0 bridgehead atoms. The summed E-state index contributed by atoms with van der Waals surface area (Å²) in [7, 11) is 1.87. The lowest BCUT2D eigenvalue weighted by molar-refractivity contribution is 0.304. The molecule has 4 heteroatoms. The van der Waals surface area contributed by atoms with Gasteiger partial charge in [-0.2, -0.15) is 0 Å². The molecule has 0 atom stereocenters. The molecule has 2 N–H and O–H groups in total. The van der Waals surface area contributed by atoms with Gasteiger partial charge in [0, 0.05) is 12.6 Å². The predicted molar refractivity (Wildman–Crippen MR) is 74.5 cm³/mol. The molecule has 0 amide bonds. The van der Waals surface area contributed by atoms with Gasteiger partial charge in [-0.25, -0.2) is 4.68 Å². The van der Waals surface area contributed by atoms with Crippen molar-refractivity contribution in [1.29, 1.82) is 0 Å². The predicted octanol–water partition coefficient (Wildman–Crippen LogP) is 2.19. The highest BCUT2D eigenvalue weighted by atomic mass is 16.1. The van der Waals surface area contributed by atoms with Gasteiger partial charge in [-0.15, -0.1) is 0 Å². The van der Waals surface area contributed by atoms with E-state index in [1.165, 1.54) is 0 Å². The van der Waals surface area contributed by atoms with Gasteiger partial charge in [0.1, 0.15) is 5.69 Å². The number of benzene rings is 1. The molecule has 0 saturated heterocycles. The molecular formula is C14H19N3O. The highest BCUT2D eigenvalue weighted by Gasteiger charge is 2.24. The van der Waals surface area contributed by atoms with E-state index in [4.69, 9.17) is 5.73 Å². The maximum Gasteiger partial charge on any atom is 0.290 e. The van der Waals surface area contributed by atoms with Gasteiger partial charge < -0.3 is 5.73 Å². The topological polar surface area (TPSA) is 52.9 Å². The molecule has 1 aromatic heterocycles. The molecule has 96 valence electrons. The van der Waals surface area contributed by atoms with E-state index in [1.54, 1.807) is 4.68 Å². The van der Waals surface area contributed by atoms with Crippen LogP contribution in [0.3, 0.4) is 0 Å². The molecule has 0 fully saturated rings. The lowest BCUT2D eigenvalue weighted by Gasteiger charge is -2.23. The summed E-state index contributed by atoms with van der Waals surface area (Å²) in [5, 5.41) is 0. The van der Waals surface area contributed by atoms with Gasteiger partial charge >= 0.3 is 0 Å². The van der Waals surface area contributed by atoms with E-state index in [-0.39, 0.29) is 11.1 Å². The molecular weight excluding hydrogens is 226 g/mol. The first-order valence-corrected chi connectivity index (χ1v) is 5.97. The van der Waals surface area contributed by atoms with Crippen molar-refractivity contribution in [3.63, 3.8) is 0 Å². The number of aromatic nitrogens is 2. The number of anilines is 1. The molecule has 2 aromatic rings. The van der Waals surface area contributed by atoms with Crippen LogP contribution in [0.2, 0.25) is 0 Å². The van der Waals surface area contributed by atoms with Crippen LogP contribution in [0.5, 0.6) is 0 Å². The molecule has 1 aromatic carbocycles. The Bertz CT molecular complexity index is 615. The van der Waals surface area contributed by atoms with Crippen LogP contribution in [-0.2, 0) is 12.6 Å². The Morgan fingerprint density at radius 1 is 1.11 bits per heavy atom. The van der Waals surface area contributed by atoms with E-state index in [2.05, 4.69) is 0 Å². The Morgan fingerprint density at radius 3 is 2.11 bits per heavy atom. The number of hydrogen-bond donors (Lipinski definition) is 1. The summed E-state index contributed by atoms with van der Waals surface area (Å²) in [5.41, 5.74) is 7.58. The first kappa shape index (κ1) is 12.5. The monoisotopic (exact) mass is 245 g/mol. The van der Waals surface area contributed by atoms with Gasteiger partial charge in [-0.3, -0.25) is 9.48 Å². The maximum atomic E-state index is 12.2.